The van der Waals surface area contributed by atoms with Gasteiger partial charge in [-0.1, -0.05) is 6.92 Å². The van der Waals surface area contributed by atoms with Gasteiger partial charge in [-0.2, -0.15) is 0 Å². The van der Waals surface area contributed by atoms with Gasteiger partial charge in [0.15, 0.2) is 0 Å². The van der Waals surface area contributed by atoms with Crippen LogP contribution in [-0.4, -0.2) is 43.9 Å². The molecule has 0 spiro atoms. The Hall–Kier alpha value is -1.89. The molecule has 0 aromatic carbocycles. The highest BCUT2D eigenvalue weighted by molar-refractivity contribution is 5.99. The summed E-state index contributed by atoms with van der Waals surface area (Å²) in [6.45, 7) is 2.60. The SMILES string of the molecule is CCC1OCCC1c1nc(C(=O)OC)c(C(=O)OC)o1. The van der Waals surface area contributed by atoms with Crippen molar-refractivity contribution in [3.63, 3.8) is 0 Å². The maximum atomic E-state index is 11.7. The van der Waals surface area contributed by atoms with Crippen molar-refractivity contribution >= 4 is 11.9 Å². The number of carbonyl (C=O) groups excluding carboxylic acids is 2. The Morgan fingerprint density at radius 3 is 2.60 bits per heavy atom. The fraction of sp³-hybridized carbons (Fsp3) is 0.615. The van der Waals surface area contributed by atoms with Crippen molar-refractivity contribution in [3.05, 3.63) is 17.3 Å². The molecular formula is C13H17NO6. The van der Waals surface area contributed by atoms with E-state index < -0.39 is 11.9 Å². The number of aromatic nitrogens is 1. The van der Waals surface area contributed by atoms with Gasteiger partial charge < -0.3 is 18.6 Å². The minimum atomic E-state index is -0.754. The molecule has 2 unspecified atom stereocenters. The summed E-state index contributed by atoms with van der Waals surface area (Å²) >= 11 is 0. The van der Waals surface area contributed by atoms with Crippen LogP contribution in [-0.2, 0) is 14.2 Å². The minimum Gasteiger partial charge on any atom is -0.464 e. The number of carbonyl (C=O) groups is 2. The van der Waals surface area contributed by atoms with E-state index in [1.54, 1.807) is 0 Å². The van der Waals surface area contributed by atoms with Crippen molar-refractivity contribution in [3.8, 4) is 0 Å². The van der Waals surface area contributed by atoms with Gasteiger partial charge in [0.1, 0.15) is 0 Å². The minimum absolute atomic E-state index is 0.0235. The van der Waals surface area contributed by atoms with Crippen LogP contribution in [0.25, 0.3) is 0 Å². The number of hydrogen-bond donors (Lipinski definition) is 0. The second-order valence-electron chi connectivity index (χ2n) is 4.43. The van der Waals surface area contributed by atoms with Crippen molar-refractivity contribution in [1.29, 1.82) is 0 Å². The summed E-state index contributed by atoms with van der Waals surface area (Å²) in [6.07, 6.45) is 1.51. The number of hydrogen-bond acceptors (Lipinski definition) is 7. The van der Waals surface area contributed by atoms with E-state index in [2.05, 4.69) is 14.5 Å². The molecule has 1 fully saturated rings. The van der Waals surface area contributed by atoms with Gasteiger partial charge in [0.2, 0.25) is 17.3 Å². The van der Waals surface area contributed by atoms with Gasteiger partial charge in [-0.05, 0) is 12.8 Å². The van der Waals surface area contributed by atoms with E-state index in [1.165, 1.54) is 14.2 Å². The molecule has 0 radical (unpaired) electrons. The van der Waals surface area contributed by atoms with Crippen molar-refractivity contribution in [2.45, 2.75) is 31.8 Å². The van der Waals surface area contributed by atoms with Gasteiger partial charge in [-0.25, -0.2) is 14.6 Å². The van der Waals surface area contributed by atoms with E-state index >= 15 is 0 Å². The second-order valence-corrected chi connectivity index (χ2v) is 4.43. The molecule has 1 aliphatic heterocycles. The summed E-state index contributed by atoms with van der Waals surface area (Å²) in [7, 11) is 2.42. The average molecular weight is 283 g/mol. The van der Waals surface area contributed by atoms with Crippen LogP contribution in [0.5, 0.6) is 0 Å². The van der Waals surface area contributed by atoms with E-state index in [1.807, 2.05) is 6.92 Å². The fourth-order valence-corrected chi connectivity index (χ4v) is 2.29. The third-order valence-corrected chi connectivity index (χ3v) is 3.32. The van der Waals surface area contributed by atoms with E-state index in [-0.39, 0.29) is 23.5 Å². The number of ether oxygens (including phenoxy) is 3. The molecule has 1 aliphatic rings. The molecular weight excluding hydrogens is 266 g/mol. The molecule has 0 saturated carbocycles. The summed E-state index contributed by atoms with van der Waals surface area (Å²) in [4.78, 5) is 27.4. The summed E-state index contributed by atoms with van der Waals surface area (Å²) in [6, 6.07) is 0. The summed E-state index contributed by atoms with van der Waals surface area (Å²) in [5.74, 6) is -1.46. The number of methoxy groups -OCH3 is 2. The van der Waals surface area contributed by atoms with Crippen molar-refractivity contribution in [1.82, 2.24) is 4.98 Å². The normalized spacial score (nSPS) is 21.8. The zero-order chi connectivity index (χ0) is 14.7. The van der Waals surface area contributed by atoms with E-state index in [0.717, 1.165) is 12.8 Å². The van der Waals surface area contributed by atoms with Gasteiger partial charge in [0.05, 0.1) is 26.2 Å². The highest BCUT2D eigenvalue weighted by atomic mass is 16.5. The number of rotatable bonds is 4. The lowest BCUT2D eigenvalue weighted by atomic mass is 10.00. The van der Waals surface area contributed by atoms with Crippen molar-refractivity contribution in [2.75, 3.05) is 20.8 Å². The van der Waals surface area contributed by atoms with Gasteiger partial charge in [0.25, 0.3) is 0 Å². The molecule has 2 rings (SSSR count). The van der Waals surface area contributed by atoms with E-state index in [4.69, 9.17) is 9.15 Å². The lowest BCUT2D eigenvalue weighted by Gasteiger charge is -2.12. The molecule has 1 aromatic heterocycles. The van der Waals surface area contributed by atoms with Crippen molar-refractivity contribution < 1.29 is 28.2 Å². The molecule has 1 saturated heterocycles. The number of nitrogens with zero attached hydrogens (tertiary/aromatic N) is 1. The Bertz CT molecular complexity index is 475. The molecule has 0 aliphatic carbocycles. The smallest absolute Gasteiger partial charge is 0.376 e. The van der Waals surface area contributed by atoms with Crippen molar-refractivity contribution in [2.24, 2.45) is 0 Å². The topological polar surface area (TPSA) is 87.9 Å². The van der Waals surface area contributed by atoms with Crippen LogP contribution in [0, 0.1) is 0 Å². The summed E-state index contributed by atoms with van der Waals surface area (Å²) in [5, 5.41) is 0. The Morgan fingerprint density at radius 2 is 2.00 bits per heavy atom. The molecule has 0 amide bonds. The zero-order valence-electron chi connectivity index (χ0n) is 11.7. The van der Waals surface area contributed by atoms with Crippen LogP contribution in [0.4, 0.5) is 0 Å². The lowest BCUT2D eigenvalue weighted by Crippen LogP contribution is -2.13. The standard InChI is InChI=1S/C13H17NO6/c1-4-8-7(5-6-19-8)11-14-9(12(15)17-2)10(20-11)13(16)18-3/h7-8H,4-6H2,1-3H3. The van der Waals surface area contributed by atoms with Crippen LogP contribution in [0.3, 0.4) is 0 Å². The highest BCUT2D eigenvalue weighted by Gasteiger charge is 2.36. The molecule has 110 valence electrons. The summed E-state index contributed by atoms with van der Waals surface area (Å²) < 4.78 is 20.2. The van der Waals surface area contributed by atoms with Crippen LogP contribution in [0.1, 0.15) is 52.6 Å². The lowest BCUT2D eigenvalue weighted by molar-refractivity contribution is 0.0523. The first-order valence-electron chi connectivity index (χ1n) is 6.41. The maximum Gasteiger partial charge on any atom is 0.376 e. The maximum absolute atomic E-state index is 11.7. The Morgan fingerprint density at radius 1 is 1.30 bits per heavy atom. The predicted octanol–water partition coefficient (Wildman–Crippen LogP) is 1.53. The molecule has 2 heterocycles. The molecule has 7 heteroatoms. The second kappa shape index (κ2) is 6.04. The van der Waals surface area contributed by atoms with Gasteiger partial charge in [0, 0.05) is 6.61 Å². The largest absolute Gasteiger partial charge is 0.464 e. The quantitative estimate of drug-likeness (QED) is 0.774. The molecule has 7 nitrogen and oxygen atoms in total. The number of esters is 2. The third-order valence-electron chi connectivity index (χ3n) is 3.32. The predicted molar refractivity (Wildman–Crippen MR) is 66.6 cm³/mol. The molecule has 0 bridgehead atoms. The van der Waals surface area contributed by atoms with E-state index in [0.29, 0.717) is 12.5 Å². The molecule has 20 heavy (non-hydrogen) atoms. The highest BCUT2D eigenvalue weighted by Crippen LogP contribution is 2.33. The van der Waals surface area contributed by atoms with Crippen LogP contribution < -0.4 is 0 Å². The third kappa shape index (κ3) is 2.53. The summed E-state index contributed by atoms with van der Waals surface area (Å²) in [5.41, 5.74) is -0.156. The first-order valence-corrected chi connectivity index (χ1v) is 6.41. The monoisotopic (exact) mass is 283 g/mol. The zero-order valence-corrected chi connectivity index (χ0v) is 11.7. The Balaban J connectivity index is 2.38. The molecule has 2 atom stereocenters. The number of oxazole rings is 1. The first-order chi connectivity index (χ1) is 9.62. The molecule has 0 N–H and O–H groups in total. The van der Waals surface area contributed by atoms with Crippen LogP contribution in [0.15, 0.2) is 4.42 Å². The van der Waals surface area contributed by atoms with Gasteiger partial charge in [-0.3, -0.25) is 0 Å². The Labute approximate surface area is 116 Å². The average Bonchev–Trinajstić information content (AvgIpc) is 3.11. The van der Waals surface area contributed by atoms with Crippen LogP contribution in [0.2, 0.25) is 0 Å². The van der Waals surface area contributed by atoms with E-state index in [9.17, 15) is 9.59 Å². The van der Waals surface area contributed by atoms with Crippen LogP contribution >= 0.6 is 0 Å². The molecule has 1 aromatic rings. The first kappa shape index (κ1) is 14.5. The van der Waals surface area contributed by atoms with Gasteiger partial charge >= 0.3 is 11.9 Å². The fourth-order valence-electron chi connectivity index (χ4n) is 2.29. The Kier molecular flexibility index (Phi) is 4.39. The van der Waals surface area contributed by atoms with Gasteiger partial charge in [-0.15, -0.1) is 0 Å².